The van der Waals surface area contributed by atoms with Gasteiger partial charge in [-0.2, -0.15) is 0 Å². The predicted molar refractivity (Wildman–Crippen MR) is 86.9 cm³/mol. The minimum Gasteiger partial charge on any atom is -0.356 e. The van der Waals surface area contributed by atoms with Crippen LogP contribution in [0.3, 0.4) is 0 Å². The topological polar surface area (TPSA) is 39.7 Å². The molecule has 0 unspecified atom stereocenters. The Hall–Kier alpha value is -1.55. The van der Waals surface area contributed by atoms with E-state index in [-0.39, 0.29) is 0 Å². The second-order valence-electron chi connectivity index (χ2n) is 5.76. The van der Waals surface area contributed by atoms with E-state index in [2.05, 4.69) is 72.7 Å². The van der Waals surface area contributed by atoms with Crippen LogP contribution in [0.25, 0.3) is 0 Å². The average Bonchev–Trinajstić information content (AvgIpc) is 2.38. The van der Waals surface area contributed by atoms with Crippen molar-refractivity contribution in [3.8, 4) is 0 Å². The summed E-state index contributed by atoms with van der Waals surface area (Å²) >= 11 is 0. The molecule has 1 rings (SSSR count). The molecule has 0 amide bonds. The number of benzene rings is 1. The van der Waals surface area contributed by atoms with Crippen LogP contribution in [0.2, 0.25) is 0 Å². The molecule has 0 saturated carbocycles. The highest BCUT2D eigenvalue weighted by Gasteiger charge is 2.01. The number of guanidine groups is 1. The third-order valence-corrected chi connectivity index (χ3v) is 2.85. The van der Waals surface area contributed by atoms with Gasteiger partial charge in [-0.3, -0.25) is 4.99 Å². The van der Waals surface area contributed by atoms with Crippen LogP contribution in [0.15, 0.2) is 29.3 Å². The highest BCUT2D eigenvalue weighted by molar-refractivity contribution is 5.79. The maximum absolute atomic E-state index is 4.23. The van der Waals surface area contributed by atoms with Gasteiger partial charge in [-0.1, -0.05) is 38.1 Å². The van der Waals surface area contributed by atoms with Gasteiger partial charge in [0.15, 0.2) is 5.96 Å². The number of hydrogen-bond donors (Lipinski definition) is 2. The molecule has 0 aliphatic heterocycles. The summed E-state index contributed by atoms with van der Waals surface area (Å²) in [6.45, 7) is 7.06. The molecular formula is C16H28N4. The van der Waals surface area contributed by atoms with E-state index >= 15 is 0 Å². The Morgan fingerprint density at radius 3 is 2.50 bits per heavy atom. The van der Waals surface area contributed by atoms with Gasteiger partial charge in [0.25, 0.3) is 0 Å². The van der Waals surface area contributed by atoms with Gasteiger partial charge in [-0.15, -0.1) is 0 Å². The lowest BCUT2D eigenvalue weighted by Gasteiger charge is -2.14. The first-order chi connectivity index (χ1) is 9.51. The predicted octanol–water partition coefficient (Wildman–Crippen LogP) is 2.07. The van der Waals surface area contributed by atoms with Gasteiger partial charge in [0, 0.05) is 26.7 Å². The Morgan fingerprint density at radius 2 is 1.90 bits per heavy atom. The van der Waals surface area contributed by atoms with Crippen LogP contribution in [0.4, 0.5) is 0 Å². The van der Waals surface area contributed by atoms with Crippen molar-refractivity contribution in [2.24, 2.45) is 10.9 Å². The van der Waals surface area contributed by atoms with Crippen LogP contribution in [-0.2, 0) is 13.1 Å². The Balaban J connectivity index is 2.51. The molecule has 0 radical (unpaired) electrons. The second-order valence-corrected chi connectivity index (χ2v) is 5.76. The van der Waals surface area contributed by atoms with Crippen molar-refractivity contribution in [3.63, 3.8) is 0 Å². The van der Waals surface area contributed by atoms with Crippen molar-refractivity contribution in [2.75, 3.05) is 27.7 Å². The van der Waals surface area contributed by atoms with Crippen LogP contribution in [0, 0.1) is 5.92 Å². The summed E-state index contributed by atoms with van der Waals surface area (Å²) in [5, 5.41) is 6.66. The summed E-state index contributed by atoms with van der Waals surface area (Å²) in [6, 6.07) is 8.65. The first kappa shape index (κ1) is 16.5. The van der Waals surface area contributed by atoms with Gasteiger partial charge in [-0.05, 0) is 31.1 Å². The van der Waals surface area contributed by atoms with Crippen molar-refractivity contribution in [1.82, 2.24) is 15.5 Å². The van der Waals surface area contributed by atoms with E-state index < -0.39 is 0 Å². The van der Waals surface area contributed by atoms with Crippen molar-refractivity contribution in [1.29, 1.82) is 0 Å². The molecule has 1 aromatic rings. The lowest BCUT2D eigenvalue weighted by Crippen LogP contribution is -2.38. The van der Waals surface area contributed by atoms with E-state index in [4.69, 9.17) is 0 Å². The molecule has 0 saturated heterocycles. The summed E-state index contributed by atoms with van der Waals surface area (Å²) in [7, 11) is 5.98. The molecule has 0 aromatic heterocycles. The van der Waals surface area contributed by atoms with Crippen LogP contribution in [0.1, 0.15) is 25.0 Å². The molecule has 0 fully saturated rings. The number of nitrogens with zero attached hydrogens (tertiary/aromatic N) is 2. The van der Waals surface area contributed by atoms with Gasteiger partial charge in [0.1, 0.15) is 0 Å². The molecular weight excluding hydrogens is 248 g/mol. The molecule has 0 bridgehead atoms. The standard InChI is InChI=1S/C16H28N4/c1-13(2)10-18-16(17-3)19-11-14-7-6-8-15(9-14)12-20(4)5/h6-9,13H,10-12H2,1-5H3,(H2,17,18,19). The number of hydrogen-bond acceptors (Lipinski definition) is 2. The lowest BCUT2D eigenvalue weighted by atomic mass is 10.1. The van der Waals surface area contributed by atoms with Crippen molar-refractivity contribution >= 4 is 5.96 Å². The van der Waals surface area contributed by atoms with Gasteiger partial charge < -0.3 is 15.5 Å². The maximum atomic E-state index is 4.23. The van der Waals surface area contributed by atoms with Crippen molar-refractivity contribution in [3.05, 3.63) is 35.4 Å². The molecule has 0 aliphatic carbocycles. The molecule has 1 aromatic carbocycles. The highest BCUT2D eigenvalue weighted by atomic mass is 15.2. The minimum atomic E-state index is 0.608. The third-order valence-electron chi connectivity index (χ3n) is 2.85. The molecule has 4 heteroatoms. The summed E-state index contributed by atoms with van der Waals surface area (Å²) in [5.41, 5.74) is 2.61. The first-order valence-electron chi connectivity index (χ1n) is 7.18. The molecule has 2 N–H and O–H groups in total. The SMILES string of the molecule is CN=C(NCc1cccc(CN(C)C)c1)NCC(C)C. The van der Waals surface area contributed by atoms with Crippen LogP contribution in [0.5, 0.6) is 0 Å². The average molecular weight is 276 g/mol. The molecule has 0 heterocycles. The molecule has 0 aliphatic rings. The monoisotopic (exact) mass is 276 g/mol. The molecule has 0 atom stereocenters. The summed E-state index contributed by atoms with van der Waals surface area (Å²) in [4.78, 5) is 6.41. The largest absolute Gasteiger partial charge is 0.356 e. The van der Waals surface area contributed by atoms with E-state index in [9.17, 15) is 0 Å². The molecule has 20 heavy (non-hydrogen) atoms. The number of rotatable bonds is 6. The molecule has 0 spiro atoms. The Kier molecular flexibility index (Phi) is 7.09. The van der Waals surface area contributed by atoms with Crippen molar-refractivity contribution in [2.45, 2.75) is 26.9 Å². The zero-order valence-electron chi connectivity index (χ0n) is 13.4. The maximum Gasteiger partial charge on any atom is 0.191 e. The minimum absolute atomic E-state index is 0.608. The van der Waals surface area contributed by atoms with Gasteiger partial charge in [0.2, 0.25) is 0 Å². The van der Waals surface area contributed by atoms with E-state index in [1.807, 2.05) is 0 Å². The summed E-state index contributed by atoms with van der Waals surface area (Å²) in [6.07, 6.45) is 0. The quantitative estimate of drug-likeness (QED) is 0.617. The third kappa shape index (κ3) is 6.57. The fourth-order valence-corrected chi connectivity index (χ4v) is 1.91. The van der Waals surface area contributed by atoms with Gasteiger partial charge >= 0.3 is 0 Å². The van der Waals surface area contributed by atoms with E-state index in [1.54, 1.807) is 7.05 Å². The smallest absolute Gasteiger partial charge is 0.191 e. The summed E-state index contributed by atoms with van der Waals surface area (Å²) < 4.78 is 0. The van der Waals surface area contributed by atoms with E-state index in [0.29, 0.717) is 5.92 Å². The first-order valence-corrected chi connectivity index (χ1v) is 7.18. The van der Waals surface area contributed by atoms with Crippen LogP contribution in [-0.4, -0.2) is 38.5 Å². The fourth-order valence-electron chi connectivity index (χ4n) is 1.91. The molecule has 4 nitrogen and oxygen atoms in total. The Morgan fingerprint density at radius 1 is 1.20 bits per heavy atom. The summed E-state index contributed by atoms with van der Waals surface area (Å²) in [5.74, 6) is 1.47. The van der Waals surface area contributed by atoms with Gasteiger partial charge in [-0.25, -0.2) is 0 Å². The highest BCUT2D eigenvalue weighted by Crippen LogP contribution is 2.06. The Bertz CT molecular complexity index is 424. The number of aliphatic imine (C=N–C) groups is 1. The van der Waals surface area contributed by atoms with E-state index in [0.717, 1.165) is 25.6 Å². The second kappa shape index (κ2) is 8.59. The van der Waals surface area contributed by atoms with Crippen LogP contribution < -0.4 is 10.6 Å². The lowest BCUT2D eigenvalue weighted by molar-refractivity contribution is 0.402. The van der Waals surface area contributed by atoms with Gasteiger partial charge in [0.05, 0.1) is 0 Å². The fraction of sp³-hybridized carbons (Fsp3) is 0.562. The normalized spacial score (nSPS) is 12.1. The molecule has 112 valence electrons. The zero-order valence-corrected chi connectivity index (χ0v) is 13.4. The van der Waals surface area contributed by atoms with Crippen molar-refractivity contribution < 1.29 is 0 Å². The van der Waals surface area contributed by atoms with Crippen LogP contribution >= 0.6 is 0 Å². The Labute approximate surface area is 123 Å². The zero-order chi connectivity index (χ0) is 15.0. The number of nitrogens with one attached hydrogen (secondary N) is 2. The van der Waals surface area contributed by atoms with E-state index in [1.165, 1.54) is 11.1 Å².